The first-order valence-corrected chi connectivity index (χ1v) is 9.48. The molecule has 6 nitrogen and oxygen atoms in total. The fourth-order valence-corrected chi connectivity index (χ4v) is 3.59. The maximum Gasteiger partial charge on any atom is 0.229 e. The first-order valence-electron chi connectivity index (χ1n) is 9.10. The molecule has 2 saturated heterocycles. The third-order valence-corrected chi connectivity index (χ3v) is 5.24. The number of rotatable bonds is 6. The van der Waals surface area contributed by atoms with Gasteiger partial charge in [0.1, 0.15) is 0 Å². The molecule has 2 heterocycles. The van der Waals surface area contributed by atoms with Crippen LogP contribution in [0.4, 0.5) is 0 Å². The van der Waals surface area contributed by atoms with E-state index in [0.717, 1.165) is 37.5 Å². The first-order chi connectivity index (χ1) is 12.5. The number of imide groups is 1. The van der Waals surface area contributed by atoms with Gasteiger partial charge in [0.2, 0.25) is 17.7 Å². The maximum absolute atomic E-state index is 12.1. The van der Waals surface area contributed by atoms with Crippen LogP contribution in [0, 0.1) is 0 Å². The average molecular weight is 378 g/mol. The van der Waals surface area contributed by atoms with Gasteiger partial charge in [0.05, 0.1) is 0 Å². The zero-order chi connectivity index (χ0) is 18.5. The second-order valence-corrected chi connectivity index (χ2v) is 7.37. The van der Waals surface area contributed by atoms with Gasteiger partial charge in [0, 0.05) is 56.5 Å². The Morgan fingerprint density at radius 3 is 2.31 bits per heavy atom. The van der Waals surface area contributed by atoms with Crippen molar-refractivity contribution in [3.8, 4) is 0 Å². The molecule has 26 heavy (non-hydrogen) atoms. The average Bonchev–Trinajstić information content (AvgIpc) is 2.95. The Kier molecular flexibility index (Phi) is 6.27. The monoisotopic (exact) mass is 377 g/mol. The van der Waals surface area contributed by atoms with Crippen LogP contribution in [0.3, 0.4) is 0 Å². The Bertz CT molecular complexity index is 653. The second-order valence-electron chi connectivity index (χ2n) is 6.93. The van der Waals surface area contributed by atoms with Gasteiger partial charge < -0.3 is 5.32 Å². The number of likely N-dealkylation sites (tertiary alicyclic amines) is 2. The van der Waals surface area contributed by atoms with Crippen LogP contribution in [-0.2, 0) is 20.9 Å². The molecule has 3 rings (SSSR count). The van der Waals surface area contributed by atoms with Crippen molar-refractivity contribution in [2.45, 2.75) is 44.7 Å². The van der Waals surface area contributed by atoms with E-state index in [1.165, 1.54) is 10.5 Å². The molecule has 1 aromatic rings. The van der Waals surface area contributed by atoms with E-state index in [1.54, 1.807) is 0 Å². The van der Waals surface area contributed by atoms with Crippen molar-refractivity contribution < 1.29 is 14.4 Å². The molecule has 1 aromatic carbocycles. The maximum atomic E-state index is 12.1. The number of benzene rings is 1. The molecule has 0 bridgehead atoms. The fraction of sp³-hybridized carbons (Fsp3) is 0.526. The molecule has 2 fully saturated rings. The molecule has 0 radical (unpaired) electrons. The van der Waals surface area contributed by atoms with Crippen molar-refractivity contribution in [3.63, 3.8) is 0 Å². The molecule has 0 atom stereocenters. The van der Waals surface area contributed by atoms with Gasteiger partial charge in [-0.25, -0.2) is 0 Å². The molecule has 3 amide bonds. The lowest BCUT2D eigenvalue weighted by Gasteiger charge is -2.32. The van der Waals surface area contributed by atoms with E-state index >= 15 is 0 Å². The molecule has 1 N–H and O–H groups in total. The van der Waals surface area contributed by atoms with E-state index in [0.29, 0.717) is 0 Å². The number of amides is 3. The van der Waals surface area contributed by atoms with Crippen molar-refractivity contribution >= 4 is 29.3 Å². The Hall–Kier alpha value is -1.92. The number of nitrogens with zero attached hydrogens (tertiary/aromatic N) is 2. The van der Waals surface area contributed by atoms with Gasteiger partial charge in [-0.05, 0) is 30.5 Å². The highest BCUT2D eigenvalue weighted by molar-refractivity contribution is 6.30. The minimum Gasteiger partial charge on any atom is -0.353 e. The summed E-state index contributed by atoms with van der Waals surface area (Å²) in [6, 6.07) is 8.04. The van der Waals surface area contributed by atoms with Crippen molar-refractivity contribution in [2.75, 3.05) is 19.6 Å². The molecule has 0 saturated carbocycles. The molecule has 140 valence electrons. The highest BCUT2D eigenvalue weighted by atomic mass is 35.5. The predicted molar refractivity (Wildman–Crippen MR) is 98.5 cm³/mol. The van der Waals surface area contributed by atoms with Crippen LogP contribution in [0.15, 0.2) is 24.3 Å². The molecular formula is C19H24ClN3O3. The van der Waals surface area contributed by atoms with Gasteiger partial charge in [-0.1, -0.05) is 23.7 Å². The summed E-state index contributed by atoms with van der Waals surface area (Å²) >= 11 is 5.91. The largest absolute Gasteiger partial charge is 0.353 e. The second kappa shape index (κ2) is 8.64. The number of carbonyl (C=O) groups excluding carboxylic acids is 3. The zero-order valence-corrected chi connectivity index (χ0v) is 15.5. The standard InChI is InChI=1S/C19H24ClN3O3/c20-15-3-1-14(2-4-15)13-22-10-7-16(8-11-22)21-17(24)9-12-23-18(25)5-6-19(23)26/h1-4,16H,5-13H2,(H,21,24). The molecule has 2 aliphatic heterocycles. The zero-order valence-electron chi connectivity index (χ0n) is 14.7. The molecule has 7 heteroatoms. The van der Waals surface area contributed by atoms with Crippen molar-refractivity contribution in [2.24, 2.45) is 0 Å². The minimum absolute atomic E-state index is 0.0892. The van der Waals surface area contributed by atoms with Crippen LogP contribution in [-0.4, -0.2) is 53.2 Å². The van der Waals surface area contributed by atoms with Crippen LogP contribution >= 0.6 is 11.6 Å². The normalized spacial score (nSPS) is 19.2. The molecule has 0 aromatic heterocycles. The molecule has 0 aliphatic carbocycles. The molecule has 0 unspecified atom stereocenters. The van der Waals surface area contributed by atoms with Crippen molar-refractivity contribution in [1.29, 1.82) is 0 Å². The quantitative estimate of drug-likeness (QED) is 0.769. The predicted octanol–water partition coefficient (Wildman–Crippen LogP) is 1.96. The lowest BCUT2D eigenvalue weighted by Crippen LogP contribution is -2.45. The first kappa shape index (κ1) is 18.9. The highest BCUT2D eigenvalue weighted by Gasteiger charge is 2.29. The summed E-state index contributed by atoms with van der Waals surface area (Å²) in [6.07, 6.45) is 2.53. The Balaban J connectivity index is 1.36. The molecule has 2 aliphatic rings. The third-order valence-electron chi connectivity index (χ3n) is 4.99. The number of nitrogens with one attached hydrogen (secondary N) is 1. The van der Waals surface area contributed by atoms with E-state index in [4.69, 9.17) is 11.6 Å². The topological polar surface area (TPSA) is 69.7 Å². The summed E-state index contributed by atoms with van der Waals surface area (Å²) in [5, 5.41) is 3.78. The SMILES string of the molecule is O=C(CCN1C(=O)CCC1=O)NC1CCN(Cc2ccc(Cl)cc2)CC1. The van der Waals surface area contributed by atoms with Gasteiger partial charge >= 0.3 is 0 Å². The van der Waals surface area contributed by atoms with E-state index < -0.39 is 0 Å². The summed E-state index contributed by atoms with van der Waals surface area (Å²) in [7, 11) is 0. The number of piperidine rings is 1. The smallest absolute Gasteiger partial charge is 0.229 e. The number of carbonyl (C=O) groups is 3. The lowest BCUT2D eigenvalue weighted by molar-refractivity contribution is -0.138. The highest BCUT2D eigenvalue weighted by Crippen LogP contribution is 2.16. The van der Waals surface area contributed by atoms with Crippen LogP contribution in [0.5, 0.6) is 0 Å². The van der Waals surface area contributed by atoms with Gasteiger partial charge in [-0.2, -0.15) is 0 Å². The van der Waals surface area contributed by atoms with Gasteiger partial charge in [-0.15, -0.1) is 0 Å². The lowest BCUT2D eigenvalue weighted by atomic mass is 10.0. The van der Waals surface area contributed by atoms with Gasteiger partial charge in [-0.3, -0.25) is 24.2 Å². The van der Waals surface area contributed by atoms with Crippen molar-refractivity contribution in [3.05, 3.63) is 34.9 Å². The Morgan fingerprint density at radius 2 is 1.69 bits per heavy atom. The van der Waals surface area contributed by atoms with E-state index in [-0.39, 0.29) is 49.6 Å². The van der Waals surface area contributed by atoms with Crippen LogP contribution in [0.1, 0.15) is 37.7 Å². The number of hydrogen-bond donors (Lipinski definition) is 1. The van der Waals surface area contributed by atoms with Crippen LogP contribution in [0.25, 0.3) is 0 Å². The summed E-state index contributed by atoms with van der Waals surface area (Å²) in [5.74, 6) is -0.426. The van der Waals surface area contributed by atoms with Crippen LogP contribution in [0.2, 0.25) is 5.02 Å². The van der Waals surface area contributed by atoms with Crippen LogP contribution < -0.4 is 5.32 Å². The van der Waals surface area contributed by atoms with Crippen molar-refractivity contribution in [1.82, 2.24) is 15.1 Å². The summed E-state index contributed by atoms with van der Waals surface area (Å²) in [5.41, 5.74) is 1.23. The Morgan fingerprint density at radius 1 is 1.08 bits per heavy atom. The number of halogens is 1. The fourth-order valence-electron chi connectivity index (χ4n) is 3.47. The van der Waals surface area contributed by atoms with E-state index in [9.17, 15) is 14.4 Å². The van der Waals surface area contributed by atoms with Gasteiger partial charge in [0.25, 0.3) is 0 Å². The minimum atomic E-state index is -0.168. The third kappa shape index (κ3) is 5.05. The van der Waals surface area contributed by atoms with Gasteiger partial charge in [0.15, 0.2) is 0 Å². The molecule has 0 spiro atoms. The summed E-state index contributed by atoms with van der Waals surface area (Å²) < 4.78 is 0. The summed E-state index contributed by atoms with van der Waals surface area (Å²) in [4.78, 5) is 38.8. The van der Waals surface area contributed by atoms with E-state index in [1.807, 2.05) is 24.3 Å². The van der Waals surface area contributed by atoms with E-state index in [2.05, 4.69) is 10.2 Å². The molecular weight excluding hydrogens is 354 g/mol. The summed E-state index contributed by atoms with van der Waals surface area (Å²) in [6.45, 7) is 2.93. The number of hydrogen-bond acceptors (Lipinski definition) is 4. The Labute approximate surface area is 158 Å².